The number of rotatable bonds is 6. The van der Waals surface area contributed by atoms with E-state index in [1.54, 1.807) is 11.3 Å². The van der Waals surface area contributed by atoms with Crippen LogP contribution < -0.4 is 0 Å². The van der Waals surface area contributed by atoms with E-state index in [0.29, 0.717) is 13.0 Å². The summed E-state index contributed by atoms with van der Waals surface area (Å²) in [5.41, 5.74) is 0. The summed E-state index contributed by atoms with van der Waals surface area (Å²) in [5, 5.41) is 10.3. The van der Waals surface area contributed by atoms with Crippen LogP contribution in [-0.2, 0) is 11.3 Å². The van der Waals surface area contributed by atoms with Gasteiger partial charge in [-0.2, -0.15) is 5.26 Å². The highest BCUT2D eigenvalue weighted by Crippen LogP contribution is 2.09. The Labute approximate surface area is 82.8 Å². The van der Waals surface area contributed by atoms with Crippen LogP contribution in [0.3, 0.4) is 0 Å². The Balaban J connectivity index is 1.94. The molecule has 0 bridgehead atoms. The van der Waals surface area contributed by atoms with Gasteiger partial charge in [0.15, 0.2) is 0 Å². The van der Waals surface area contributed by atoms with Gasteiger partial charge in [-0.1, -0.05) is 6.07 Å². The highest BCUT2D eigenvalue weighted by molar-refractivity contribution is 7.09. The molecule has 0 unspecified atom stereocenters. The normalized spacial score (nSPS) is 9.77. The molecule has 1 heterocycles. The van der Waals surface area contributed by atoms with Crippen molar-refractivity contribution in [2.24, 2.45) is 0 Å². The number of nitriles is 1. The molecule has 1 aromatic heterocycles. The fraction of sp³-hybridized carbons (Fsp3) is 0.500. The first-order valence-electron chi connectivity index (χ1n) is 4.40. The smallest absolute Gasteiger partial charge is 0.0809 e. The van der Waals surface area contributed by atoms with Crippen LogP contribution in [-0.4, -0.2) is 6.61 Å². The van der Waals surface area contributed by atoms with E-state index in [9.17, 15) is 0 Å². The molecule has 0 aromatic carbocycles. The molecule has 3 heteroatoms. The van der Waals surface area contributed by atoms with Gasteiger partial charge >= 0.3 is 0 Å². The number of ether oxygens (including phenoxy) is 1. The minimum Gasteiger partial charge on any atom is -0.376 e. The molecule has 0 N–H and O–H groups in total. The molecule has 0 radical (unpaired) electrons. The van der Waals surface area contributed by atoms with Crippen molar-refractivity contribution in [2.75, 3.05) is 6.61 Å². The molecule has 0 amide bonds. The third-order valence-corrected chi connectivity index (χ3v) is 2.50. The zero-order valence-electron chi connectivity index (χ0n) is 7.53. The maximum atomic E-state index is 8.28. The monoisotopic (exact) mass is 195 g/mol. The van der Waals surface area contributed by atoms with Gasteiger partial charge in [0, 0.05) is 17.9 Å². The standard InChI is InChI=1S/C10H13NOS/c11-6-2-1-3-7-12-9-10-5-4-8-13-10/h4-5,8H,1-3,7,9H2. The summed E-state index contributed by atoms with van der Waals surface area (Å²) in [4.78, 5) is 1.26. The van der Waals surface area contributed by atoms with Gasteiger partial charge in [0.05, 0.1) is 12.7 Å². The second-order valence-corrected chi connectivity index (χ2v) is 3.78. The van der Waals surface area contributed by atoms with Crippen molar-refractivity contribution < 1.29 is 4.74 Å². The molecule has 0 saturated carbocycles. The van der Waals surface area contributed by atoms with Crippen molar-refractivity contribution in [3.63, 3.8) is 0 Å². The molecule has 70 valence electrons. The lowest BCUT2D eigenvalue weighted by Gasteiger charge is -2.00. The molecule has 0 atom stereocenters. The minimum atomic E-state index is 0.641. The average molecular weight is 195 g/mol. The molecule has 1 aromatic rings. The van der Waals surface area contributed by atoms with Crippen LogP contribution in [0.4, 0.5) is 0 Å². The number of thiophene rings is 1. The summed E-state index contributed by atoms with van der Waals surface area (Å²) in [5.74, 6) is 0. The molecule has 1 rings (SSSR count). The molecule has 0 aliphatic heterocycles. The lowest BCUT2D eigenvalue weighted by Crippen LogP contribution is -1.93. The van der Waals surface area contributed by atoms with E-state index in [1.165, 1.54) is 4.88 Å². The topological polar surface area (TPSA) is 33.0 Å². The van der Waals surface area contributed by atoms with Gasteiger partial charge in [-0.25, -0.2) is 0 Å². The predicted molar refractivity (Wildman–Crippen MR) is 53.4 cm³/mol. The zero-order chi connectivity index (χ0) is 9.36. The van der Waals surface area contributed by atoms with E-state index in [1.807, 2.05) is 11.4 Å². The van der Waals surface area contributed by atoms with Gasteiger partial charge in [0.25, 0.3) is 0 Å². The van der Waals surface area contributed by atoms with Crippen molar-refractivity contribution in [3.8, 4) is 6.07 Å². The average Bonchev–Trinajstić information content (AvgIpc) is 2.63. The summed E-state index contributed by atoms with van der Waals surface area (Å²) in [6.45, 7) is 1.48. The lowest BCUT2D eigenvalue weighted by molar-refractivity contribution is 0.119. The molecule has 0 spiro atoms. The molecule has 0 fully saturated rings. The number of hydrogen-bond donors (Lipinski definition) is 0. The van der Waals surface area contributed by atoms with E-state index in [4.69, 9.17) is 10.00 Å². The van der Waals surface area contributed by atoms with Crippen LogP contribution in [0.5, 0.6) is 0 Å². The lowest BCUT2D eigenvalue weighted by atomic mass is 10.3. The highest BCUT2D eigenvalue weighted by Gasteiger charge is 1.93. The Bertz CT molecular complexity index is 250. The number of unbranched alkanes of at least 4 members (excludes halogenated alkanes) is 2. The summed E-state index contributed by atoms with van der Waals surface area (Å²) in [7, 11) is 0. The van der Waals surface area contributed by atoms with Gasteiger partial charge in [0.2, 0.25) is 0 Å². The molecular weight excluding hydrogens is 182 g/mol. The minimum absolute atomic E-state index is 0.641. The molecule has 0 aliphatic carbocycles. The van der Waals surface area contributed by atoms with E-state index in [-0.39, 0.29) is 0 Å². The fourth-order valence-electron chi connectivity index (χ4n) is 0.976. The number of nitrogens with zero attached hydrogens (tertiary/aromatic N) is 1. The molecule has 0 aliphatic rings. The molecule has 13 heavy (non-hydrogen) atoms. The summed E-state index contributed by atoms with van der Waals surface area (Å²) in [6, 6.07) is 6.21. The van der Waals surface area contributed by atoms with Crippen molar-refractivity contribution in [1.29, 1.82) is 5.26 Å². The second-order valence-electron chi connectivity index (χ2n) is 2.75. The van der Waals surface area contributed by atoms with E-state index < -0.39 is 0 Å². The molecule has 2 nitrogen and oxygen atoms in total. The Morgan fingerprint density at radius 2 is 2.38 bits per heavy atom. The summed E-state index contributed by atoms with van der Waals surface area (Å²) >= 11 is 1.71. The third-order valence-electron chi connectivity index (χ3n) is 1.65. The maximum absolute atomic E-state index is 8.28. The Hall–Kier alpha value is -0.850. The summed E-state index contributed by atoms with van der Waals surface area (Å²) < 4.78 is 5.43. The van der Waals surface area contributed by atoms with Gasteiger partial charge in [0.1, 0.15) is 0 Å². The van der Waals surface area contributed by atoms with Crippen molar-refractivity contribution in [1.82, 2.24) is 0 Å². The van der Waals surface area contributed by atoms with Crippen LogP contribution in [0.2, 0.25) is 0 Å². The van der Waals surface area contributed by atoms with Gasteiger partial charge in [-0.3, -0.25) is 0 Å². The first-order chi connectivity index (χ1) is 6.43. The van der Waals surface area contributed by atoms with Crippen LogP contribution in [0, 0.1) is 11.3 Å². The first-order valence-corrected chi connectivity index (χ1v) is 5.28. The Kier molecular flexibility index (Phi) is 5.23. The van der Waals surface area contributed by atoms with Crippen molar-refractivity contribution in [3.05, 3.63) is 22.4 Å². The quantitative estimate of drug-likeness (QED) is 0.654. The van der Waals surface area contributed by atoms with Crippen molar-refractivity contribution >= 4 is 11.3 Å². The summed E-state index contributed by atoms with van der Waals surface area (Å²) in [6.07, 6.45) is 2.57. The highest BCUT2D eigenvalue weighted by atomic mass is 32.1. The van der Waals surface area contributed by atoms with E-state index in [0.717, 1.165) is 19.4 Å². The first kappa shape index (κ1) is 10.2. The maximum Gasteiger partial charge on any atom is 0.0809 e. The van der Waals surface area contributed by atoms with E-state index in [2.05, 4.69) is 12.1 Å². The Morgan fingerprint density at radius 3 is 3.08 bits per heavy atom. The van der Waals surface area contributed by atoms with Gasteiger partial charge in [-0.15, -0.1) is 11.3 Å². The number of hydrogen-bond acceptors (Lipinski definition) is 3. The van der Waals surface area contributed by atoms with Crippen LogP contribution >= 0.6 is 11.3 Å². The third kappa shape index (κ3) is 4.66. The SMILES string of the molecule is N#CCCCCOCc1cccs1. The van der Waals surface area contributed by atoms with Crippen LogP contribution in [0.1, 0.15) is 24.1 Å². The zero-order valence-corrected chi connectivity index (χ0v) is 8.35. The van der Waals surface area contributed by atoms with Crippen LogP contribution in [0.15, 0.2) is 17.5 Å². The molecule has 0 saturated heterocycles. The fourth-order valence-corrected chi connectivity index (χ4v) is 1.62. The van der Waals surface area contributed by atoms with Crippen LogP contribution in [0.25, 0.3) is 0 Å². The Morgan fingerprint density at radius 1 is 1.46 bits per heavy atom. The van der Waals surface area contributed by atoms with Crippen molar-refractivity contribution in [2.45, 2.75) is 25.9 Å². The van der Waals surface area contributed by atoms with E-state index >= 15 is 0 Å². The van der Waals surface area contributed by atoms with Gasteiger partial charge in [-0.05, 0) is 24.3 Å². The molecular formula is C10H13NOS. The largest absolute Gasteiger partial charge is 0.376 e. The second kappa shape index (κ2) is 6.64. The van der Waals surface area contributed by atoms with Gasteiger partial charge < -0.3 is 4.74 Å². The predicted octanol–water partition coefficient (Wildman–Crippen LogP) is 2.96.